The van der Waals surface area contributed by atoms with Gasteiger partial charge < -0.3 is 9.84 Å². The number of hydrogen-bond donors (Lipinski definition) is 1. The summed E-state index contributed by atoms with van der Waals surface area (Å²) in [7, 11) is 0. The van der Waals surface area contributed by atoms with Crippen molar-refractivity contribution in [1.82, 2.24) is 0 Å². The average Bonchev–Trinajstić information content (AvgIpc) is 2.46. The van der Waals surface area contributed by atoms with Crippen LogP contribution in [0.4, 0.5) is 0 Å². The number of ether oxygens (including phenoxy) is 1. The first-order valence-electron chi connectivity index (χ1n) is 5.79. The van der Waals surface area contributed by atoms with Gasteiger partial charge in [-0.25, -0.2) is 4.79 Å². The summed E-state index contributed by atoms with van der Waals surface area (Å²) in [4.78, 5) is 12.2. The molecule has 0 saturated carbocycles. The summed E-state index contributed by atoms with van der Waals surface area (Å²) in [6.07, 6.45) is 2.01. The number of hydrogen-bond acceptors (Lipinski definition) is 3. The molecule has 0 heterocycles. The number of carbonyl (C=O) groups is 1. The fraction of sp³-hybridized carbons (Fsp3) is 0.133. The minimum atomic E-state index is -0.933. The van der Waals surface area contributed by atoms with Gasteiger partial charge in [-0.2, -0.15) is 0 Å². The van der Waals surface area contributed by atoms with Crippen LogP contribution in [-0.2, 0) is 6.61 Å². The quantitative estimate of drug-likeness (QED) is 0.845. The van der Waals surface area contributed by atoms with Gasteiger partial charge in [0.2, 0.25) is 0 Å². The van der Waals surface area contributed by atoms with Crippen molar-refractivity contribution in [2.45, 2.75) is 11.5 Å². The van der Waals surface area contributed by atoms with Gasteiger partial charge in [0, 0.05) is 10.5 Å². The smallest absolute Gasteiger partial charge is 0.336 e. The Balaban J connectivity index is 2.07. The highest BCUT2D eigenvalue weighted by molar-refractivity contribution is 7.98. The number of benzene rings is 2. The van der Waals surface area contributed by atoms with Gasteiger partial charge in [0.25, 0.3) is 0 Å². The Morgan fingerprint density at radius 1 is 1.16 bits per heavy atom. The van der Waals surface area contributed by atoms with E-state index >= 15 is 0 Å². The molecule has 0 amide bonds. The highest BCUT2D eigenvalue weighted by Crippen LogP contribution is 2.20. The Hall–Kier alpha value is -1.94. The van der Waals surface area contributed by atoms with E-state index in [1.165, 1.54) is 4.90 Å². The number of rotatable bonds is 5. The molecular formula is C15H14O3S. The van der Waals surface area contributed by atoms with Crippen molar-refractivity contribution < 1.29 is 14.6 Å². The van der Waals surface area contributed by atoms with Gasteiger partial charge in [-0.05, 0) is 36.6 Å². The molecule has 19 heavy (non-hydrogen) atoms. The summed E-state index contributed by atoms with van der Waals surface area (Å²) in [5.74, 6) is -0.199. The lowest BCUT2D eigenvalue weighted by atomic mass is 10.1. The molecular weight excluding hydrogens is 260 g/mol. The second-order valence-corrected chi connectivity index (χ2v) is 4.81. The van der Waals surface area contributed by atoms with E-state index in [9.17, 15) is 4.79 Å². The summed E-state index contributed by atoms with van der Waals surface area (Å²) >= 11 is 1.67. The standard InChI is InChI=1S/C15H14O3S/c1-19-13-8-6-12(7-9-13)18-10-11-4-2-3-5-14(11)15(16)17/h2-9H,10H2,1H3,(H,16,17). The summed E-state index contributed by atoms with van der Waals surface area (Å²) in [6.45, 7) is 0.251. The number of thioether (sulfide) groups is 1. The van der Waals surface area contributed by atoms with Crippen molar-refractivity contribution in [3.63, 3.8) is 0 Å². The molecule has 0 atom stereocenters. The van der Waals surface area contributed by atoms with E-state index in [4.69, 9.17) is 9.84 Å². The zero-order valence-electron chi connectivity index (χ0n) is 10.5. The van der Waals surface area contributed by atoms with Crippen LogP contribution >= 0.6 is 11.8 Å². The van der Waals surface area contributed by atoms with Gasteiger partial charge in [0.05, 0.1) is 5.56 Å². The molecule has 0 aliphatic rings. The van der Waals surface area contributed by atoms with Crippen LogP contribution in [0.25, 0.3) is 0 Å². The molecule has 0 bridgehead atoms. The molecule has 0 aliphatic heterocycles. The van der Waals surface area contributed by atoms with Crippen LogP contribution in [0, 0.1) is 0 Å². The normalized spacial score (nSPS) is 10.2. The molecule has 1 N–H and O–H groups in total. The van der Waals surface area contributed by atoms with Crippen LogP contribution in [0.1, 0.15) is 15.9 Å². The Morgan fingerprint density at radius 3 is 2.47 bits per heavy atom. The Kier molecular flexibility index (Phi) is 4.47. The van der Waals surface area contributed by atoms with Gasteiger partial charge in [-0.3, -0.25) is 0 Å². The molecule has 0 radical (unpaired) electrons. The number of carboxylic acids is 1. The zero-order chi connectivity index (χ0) is 13.7. The average molecular weight is 274 g/mol. The number of aromatic carboxylic acids is 1. The van der Waals surface area contributed by atoms with Crippen molar-refractivity contribution in [2.75, 3.05) is 6.26 Å². The maximum atomic E-state index is 11.1. The molecule has 4 heteroatoms. The maximum absolute atomic E-state index is 11.1. The second kappa shape index (κ2) is 6.29. The zero-order valence-corrected chi connectivity index (χ0v) is 11.3. The van der Waals surface area contributed by atoms with E-state index in [-0.39, 0.29) is 12.2 Å². The highest BCUT2D eigenvalue weighted by atomic mass is 32.2. The Bertz CT molecular complexity index is 564. The SMILES string of the molecule is CSc1ccc(OCc2ccccc2C(=O)O)cc1. The Morgan fingerprint density at radius 2 is 1.84 bits per heavy atom. The molecule has 3 nitrogen and oxygen atoms in total. The van der Waals surface area contributed by atoms with Crippen LogP contribution in [0.5, 0.6) is 5.75 Å². The lowest BCUT2D eigenvalue weighted by molar-refractivity contribution is 0.0694. The van der Waals surface area contributed by atoms with Crippen molar-refractivity contribution in [3.8, 4) is 5.75 Å². The fourth-order valence-corrected chi connectivity index (χ4v) is 2.10. The largest absolute Gasteiger partial charge is 0.489 e. The predicted molar refractivity (Wildman–Crippen MR) is 76.0 cm³/mol. The van der Waals surface area contributed by atoms with E-state index in [1.807, 2.05) is 36.6 Å². The topological polar surface area (TPSA) is 46.5 Å². The van der Waals surface area contributed by atoms with Crippen LogP contribution in [0.3, 0.4) is 0 Å². The van der Waals surface area contributed by atoms with Crippen LogP contribution in [-0.4, -0.2) is 17.3 Å². The molecule has 0 aromatic heterocycles. The molecule has 2 aromatic rings. The molecule has 0 spiro atoms. The van der Waals surface area contributed by atoms with Gasteiger partial charge in [0.15, 0.2) is 0 Å². The Labute approximate surface area is 116 Å². The predicted octanol–water partition coefficient (Wildman–Crippen LogP) is 3.69. The lowest BCUT2D eigenvalue weighted by Gasteiger charge is -2.09. The third-order valence-electron chi connectivity index (χ3n) is 2.70. The molecule has 2 rings (SSSR count). The van der Waals surface area contributed by atoms with Gasteiger partial charge in [-0.1, -0.05) is 18.2 Å². The highest BCUT2D eigenvalue weighted by Gasteiger charge is 2.09. The van der Waals surface area contributed by atoms with E-state index in [1.54, 1.807) is 30.0 Å². The van der Waals surface area contributed by atoms with Crippen LogP contribution in [0.2, 0.25) is 0 Å². The molecule has 0 aliphatic carbocycles. The maximum Gasteiger partial charge on any atom is 0.336 e. The van der Waals surface area contributed by atoms with Gasteiger partial charge in [-0.15, -0.1) is 11.8 Å². The first-order valence-corrected chi connectivity index (χ1v) is 7.01. The van der Waals surface area contributed by atoms with E-state index in [0.717, 1.165) is 5.75 Å². The first kappa shape index (κ1) is 13.5. The van der Waals surface area contributed by atoms with Crippen molar-refractivity contribution in [1.29, 1.82) is 0 Å². The van der Waals surface area contributed by atoms with Crippen LogP contribution < -0.4 is 4.74 Å². The van der Waals surface area contributed by atoms with E-state index in [2.05, 4.69) is 0 Å². The first-order chi connectivity index (χ1) is 9.20. The van der Waals surface area contributed by atoms with Gasteiger partial charge >= 0.3 is 5.97 Å². The van der Waals surface area contributed by atoms with Crippen molar-refractivity contribution in [3.05, 3.63) is 59.7 Å². The third kappa shape index (κ3) is 3.51. The minimum absolute atomic E-state index is 0.251. The monoisotopic (exact) mass is 274 g/mol. The van der Waals surface area contributed by atoms with E-state index in [0.29, 0.717) is 5.56 Å². The third-order valence-corrected chi connectivity index (χ3v) is 3.45. The van der Waals surface area contributed by atoms with Crippen LogP contribution in [0.15, 0.2) is 53.4 Å². The molecule has 98 valence electrons. The fourth-order valence-electron chi connectivity index (χ4n) is 1.69. The van der Waals surface area contributed by atoms with Crippen molar-refractivity contribution in [2.24, 2.45) is 0 Å². The summed E-state index contributed by atoms with van der Waals surface area (Å²) in [5, 5.41) is 9.07. The summed E-state index contributed by atoms with van der Waals surface area (Å²) < 4.78 is 5.61. The second-order valence-electron chi connectivity index (χ2n) is 3.93. The number of carboxylic acid groups (broad SMARTS) is 1. The molecule has 0 saturated heterocycles. The van der Waals surface area contributed by atoms with Crippen molar-refractivity contribution >= 4 is 17.7 Å². The molecule has 2 aromatic carbocycles. The molecule has 0 unspecified atom stereocenters. The summed E-state index contributed by atoms with van der Waals surface area (Å²) in [6, 6.07) is 14.6. The lowest BCUT2D eigenvalue weighted by Crippen LogP contribution is -2.05. The van der Waals surface area contributed by atoms with E-state index < -0.39 is 5.97 Å². The molecule has 0 fully saturated rings. The minimum Gasteiger partial charge on any atom is -0.489 e. The summed E-state index contributed by atoms with van der Waals surface area (Å²) in [5.41, 5.74) is 0.951. The van der Waals surface area contributed by atoms with Gasteiger partial charge in [0.1, 0.15) is 12.4 Å².